The number of hydrogen-bond acceptors (Lipinski definition) is 8. The Morgan fingerprint density at radius 3 is 2.35 bits per heavy atom. The molecule has 0 saturated carbocycles. The maximum absolute atomic E-state index is 15.1. The summed E-state index contributed by atoms with van der Waals surface area (Å²) in [5, 5.41) is 12.4. The normalized spacial score (nSPS) is 13.2. The van der Waals surface area contributed by atoms with E-state index in [2.05, 4.69) is 15.3 Å². The molecule has 210 valence electrons. The SMILES string of the molecule is Cc1ccc(S(=O)(=O)n2cc(-c3nc(NC(CS(=O)(=O)O)C(C)(C)C)c(F)cc3C#N)c3cc(F)cnc32)cc1. The Bertz CT molecular complexity index is 1880. The summed E-state index contributed by atoms with van der Waals surface area (Å²) in [5.74, 6) is -3.01. The van der Waals surface area contributed by atoms with E-state index >= 15 is 4.39 Å². The van der Waals surface area contributed by atoms with Crippen LogP contribution in [0.3, 0.4) is 0 Å². The average molecular weight is 590 g/mol. The van der Waals surface area contributed by atoms with E-state index in [1.54, 1.807) is 39.8 Å². The van der Waals surface area contributed by atoms with Crippen LogP contribution < -0.4 is 5.32 Å². The second-order valence-electron chi connectivity index (χ2n) is 10.3. The molecule has 2 N–H and O–H groups in total. The van der Waals surface area contributed by atoms with Gasteiger partial charge in [-0.2, -0.15) is 13.7 Å². The van der Waals surface area contributed by atoms with Crippen molar-refractivity contribution in [2.75, 3.05) is 11.1 Å². The van der Waals surface area contributed by atoms with Crippen molar-refractivity contribution in [1.29, 1.82) is 5.26 Å². The number of benzene rings is 1. The van der Waals surface area contributed by atoms with E-state index < -0.39 is 54.8 Å². The maximum Gasteiger partial charge on any atom is 0.269 e. The molecule has 14 heteroatoms. The molecule has 10 nitrogen and oxygen atoms in total. The zero-order chi connectivity index (χ0) is 29.6. The number of aryl methyl sites for hydroxylation is 1. The first-order valence-corrected chi connectivity index (χ1v) is 14.9. The van der Waals surface area contributed by atoms with E-state index in [0.29, 0.717) is 0 Å². The van der Waals surface area contributed by atoms with Gasteiger partial charge < -0.3 is 5.32 Å². The molecule has 0 amide bonds. The third-order valence-corrected chi connectivity index (χ3v) is 8.66. The van der Waals surface area contributed by atoms with Crippen LogP contribution >= 0.6 is 0 Å². The van der Waals surface area contributed by atoms with Crippen molar-refractivity contribution in [3.63, 3.8) is 0 Å². The summed E-state index contributed by atoms with van der Waals surface area (Å²) < 4.78 is 90.0. The Kier molecular flexibility index (Phi) is 7.44. The number of nitriles is 1. The first-order valence-electron chi connectivity index (χ1n) is 11.8. The summed E-state index contributed by atoms with van der Waals surface area (Å²) in [6, 6.07) is 8.69. The van der Waals surface area contributed by atoms with Crippen LogP contribution in [-0.2, 0) is 20.1 Å². The minimum atomic E-state index is -4.48. The number of anilines is 1. The maximum atomic E-state index is 15.1. The molecule has 1 unspecified atom stereocenters. The Morgan fingerprint density at radius 2 is 1.77 bits per heavy atom. The fourth-order valence-electron chi connectivity index (χ4n) is 4.01. The van der Waals surface area contributed by atoms with Crippen LogP contribution in [0.25, 0.3) is 22.3 Å². The summed E-state index contributed by atoms with van der Waals surface area (Å²) >= 11 is 0. The predicted octanol–water partition coefficient (Wildman–Crippen LogP) is 4.51. The quantitative estimate of drug-likeness (QED) is 0.296. The van der Waals surface area contributed by atoms with Gasteiger partial charge in [0.2, 0.25) is 0 Å². The van der Waals surface area contributed by atoms with E-state index in [9.17, 15) is 31.0 Å². The molecule has 0 aliphatic rings. The van der Waals surface area contributed by atoms with E-state index in [4.69, 9.17) is 0 Å². The van der Waals surface area contributed by atoms with Gasteiger partial charge in [-0.3, -0.25) is 4.55 Å². The third kappa shape index (κ3) is 5.81. The van der Waals surface area contributed by atoms with Crippen LogP contribution in [-0.4, -0.2) is 47.1 Å². The van der Waals surface area contributed by atoms with Gasteiger partial charge in [0.25, 0.3) is 20.1 Å². The van der Waals surface area contributed by atoms with Crippen molar-refractivity contribution in [2.24, 2.45) is 5.41 Å². The molecule has 0 radical (unpaired) electrons. The van der Waals surface area contributed by atoms with E-state index in [-0.39, 0.29) is 32.7 Å². The molecule has 0 bridgehead atoms. The number of nitrogens with one attached hydrogen (secondary N) is 1. The molecule has 0 aliphatic carbocycles. The lowest BCUT2D eigenvalue weighted by molar-refractivity contribution is 0.351. The molecule has 4 aromatic rings. The highest BCUT2D eigenvalue weighted by Crippen LogP contribution is 2.35. The smallest absolute Gasteiger partial charge is 0.269 e. The number of nitrogens with zero attached hydrogens (tertiary/aromatic N) is 4. The first kappa shape index (κ1) is 29.1. The van der Waals surface area contributed by atoms with Gasteiger partial charge in [-0.05, 0) is 36.6 Å². The highest BCUT2D eigenvalue weighted by molar-refractivity contribution is 7.90. The van der Waals surface area contributed by atoms with Crippen molar-refractivity contribution in [1.82, 2.24) is 13.9 Å². The highest BCUT2D eigenvalue weighted by Gasteiger charge is 2.31. The molecule has 1 atom stereocenters. The van der Waals surface area contributed by atoms with Crippen LogP contribution in [0, 0.1) is 35.3 Å². The van der Waals surface area contributed by atoms with Crippen molar-refractivity contribution in [3.8, 4) is 17.3 Å². The lowest BCUT2D eigenvalue weighted by Crippen LogP contribution is -2.40. The molecule has 1 aromatic carbocycles. The van der Waals surface area contributed by atoms with Gasteiger partial charge in [-0.1, -0.05) is 38.5 Å². The molecule has 0 saturated heterocycles. The molecule has 0 fully saturated rings. The summed E-state index contributed by atoms with van der Waals surface area (Å²) in [7, 11) is -8.72. The molecule has 0 aliphatic heterocycles. The Morgan fingerprint density at radius 1 is 1.12 bits per heavy atom. The van der Waals surface area contributed by atoms with E-state index in [1.807, 2.05) is 6.07 Å². The van der Waals surface area contributed by atoms with Crippen molar-refractivity contribution in [2.45, 2.75) is 38.6 Å². The average Bonchev–Trinajstić information content (AvgIpc) is 3.22. The molecule has 40 heavy (non-hydrogen) atoms. The largest absolute Gasteiger partial charge is 0.363 e. The highest BCUT2D eigenvalue weighted by atomic mass is 32.2. The zero-order valence-electron chi connectivity index (χ0n) is 21.8. The van der Waals surface area contributed by atoms with Crippen molar-refractivity contribution < 1.29 is 30.2 Å². The van der Waals surface area contributed by atoms with Crippen LogP contribution in [0.5, 0.6) is 0 Å². The first-order chi connectivity index (χ1) is 18.5. The predicted molar refractivity (Wildman–Crippen MR) is 145 cm³/mol. The molecule has 0 spiro atoms. The molecular formula is C26H25F2N5O5S2. The second-order valence-corrected chi connectivity index (χ2v) is 13.6. The summed E-state index contributed by atoms with van der Waals surface area (Å²) in [5.41, 5.74) is -0.639. The van der Waals surface area contributed by atoms with E-state index in [1.165, 1.54) is 12.1 Å². The Balaban J connectivity index is 1.95. The van der Waals surface area contributed by atoms with Gasteiger partial charge >= 0.3 is 0 Å². The Hall–Kier alpha value is -3.93. The second kappa shape index (κ2) is 10.2. The van der Waals surface area contributed by atoms with Crippen LogP contribution in [0.2, 0.25) is 0 Å². The minimum Gasteiger partial charge on any atom is -0.363 e. The number of aromatic nitrogens is 3. The fourth-order valence-corrected chi connectivity index (χ4v) is 6.34. The molecule has 4 rings (SSSR count). The van der Waals surface area contributed by atoms with Gasteiger partial charge in [0.15, 0.2) is 17.3 Å². The van der Waals surface area contributed by atoms with Crippen LogP contribution in [0.4, 0.5) is 14.6 Å². The van der Waals surface area contributed by atoms with Gasteiger partial charge in [0, 0.05) is 23.2 Å². The number of pyridine rings is 2. The Labute approximate surface area is 230 Å². The zero-order valence-corrected chi connectivity index (χ0v) is 23.5. The lowest BCUT2D eigenvalue weighted by atomic mass is 9.88. The van der Waals surface area contributed by atoms with Crippen molar-refractivity contribution in [3.05, 3.63) is 71.6 Å². The van der Waals surface area contributed by atoms with Crippen LogP contribution in [0.15, 0.2) is 53.7 Å². The van der Waals surface area contributed by atoms with Gasteiger partial charge in [-0.15, -0.1) is 0 Å². The fraction of sp³-hybridized carbons (Fsp3) is 0.269. The number of fused-ring (bicyclic) bond motifs is 1. The van der Waals surface area contributed by atoms with Crippen molar-refractivity contribution >= 4 is 37.0 Å². The molecular weight excluding hydrogens is 564 g/mol. The van der Waals surface area contributed by atoms with Crippen LogP contribution in [0.1, 0.15) is 31.9 Å². The summed E-state index contributed by atoms with van der Waals surface area (Å²) in [6.45, 7) is 6.78. The lowest BCUT2D eigenvalue weighted by Gasteiger charge is -2.31. The summed E-state index contributed by atoms with van der Waals surface area (Å²) in [4.78, 5) is 8.11. The van der Waals surface area contributed by atoms with Gasteiger partial charge in [0.1, 0.15) is 11.9 Å². The third-order valence-electron chi connectivity index (χ3n) is 6.24. The standard InChI is InChI=1S/C26H25F2N5O5S2/c1-15-5-7-18(8-6-15)40(37,38)33-13-20(19-10-17(27)12-30-25(19)33)23-16(11-29)9-21(28)24(32-23)31-22(26(2,3)4)14-39(34,35)36/h5-10,12-13,22H,14H2,1-4H3,(H,31,32)(H,34,35,36). The van der Waals surface area contributed by atoms with E-state index in [0.717, 1.165) is 34.1 Å². The van der Waals surface area contributed by atoms with Gasteiger partial charge in [0.05, 0.1) is 28.1 Å². The summed E-state index contributed by atoms with van der Waals surface area (Å²) in [6.07, 6.45) is 1.96. The molecule has 3 aromatic heterocycles. The van der Waals surface area contributed by atoms with Gasteiger partial charge in [-0.25, -0.2) is 31.1 Å². The number of hydrogen-bond donors (Lipinski definition) is 2. The monoisotopic (exact) mass is 589 g/mol. The number of halogens is 2. The molecule has 3 heterocycles. The topological polar surface area (TPSA) is 155 Å². The number of rotatable bonds is 7. The minimum absolute atomic E-state index is 0.0115.